The van der Waals surface area contributed by atoms with E-state index in [2.05, 4.69) is 10.2 Å². The first kappa shape index (κ1) is 26.4. The number of rotatable bonds is 8. The molecule has 0 spiro atoms. The number of nitrogens with zero attached hydrogens (tertiary/aromatic N) is 3. The minimum Gasteiger partial charge on any atom is -0.368 e. The topological polar surface area (TPSA) is 73.0 Å². The number of benzene rings is 3. The van der Waals surface area contributed by atoms with Crippen molar-refractivity contribution in [3.8, 4) is 0 Å². The fourth-order valence-electron chi connectivity index (χ4n) is 5.03. The summed E-state index contributed by atoms with van der Waals surface area (Å²) in [6.45, 7) is 2.82. The Balaban J connectivity index is 1.14. The Kier molecular flexibility index (Phi) is 8.20. The Bertz CT molecular complexity index is 1300. The maximum atomic E-state index is 13.5. The third-order valence-corrected chi connectivity index (χ3v) is 7.47. The maximum absolute atomic E-state index is 13.5. The second-order valence-electron chi connectivity index (χ2n) is 10.2. The standard InChI is InChI=1S/C31H33FN4O3/c32-26-11-5-10-25(20-26)31(39)35-18-16-34(17-19-35)28-14-12-27(13-15-28)33-29(37)22-36(30(38)24-8-4-9-24)21-23-6-2-1-3-7-23/h1-3,5-7,10-15,20,24H,4,8-9,16-19,21-22H2,(H,33,37). The van der Waals surface area contributed by atoms with E-state index in [1.54, 1.807) is 21.9 Å². The summed E-state index contributed by atoms with van der Waals surface area (Å²) in [4.78, 5) is 44.2. The van der Waals surface area contributed by atoms with Crippen LogP contribution in [-0.2, 0) is 16.1 Å². The van der Waals surface area contributed by atoms with Crippen LogP contribution in [0.4, 0.5) is 15.8 Å². The molecule has 1 heterocycles. The molecular weight excluding hydrogens is 495 g/mol. The Morgan fingerprint density at radius 2 is 1.59 bits per heavy atom. The summed E-state index contributed by atoms with van der Waals surface area (Å²) < 4.78 is 13.5. The summed E-state index contributed by atoms with van der Waals surface area (Å²) in [7, 11) is 0. The van der Waals surface area contributed by atoms with Gasteiger partial charge in [-0.2, -0.15) is 0 Å². The molecule has 7 nitrogen and oxygen atoms in total. The van der Waals surface area contributed by atoms with E-state index in [1.165, 1.54) is 12.1 Å². The predicted octanol–water partition coefficient (Wildman–Crippen LogP) is 4.56. The highest BCUT2D eigenvalue weighted by Gasteiger charge is 2.30. The minimum atomic E-state index is -0.416. The molecule has 1 aliphatic heterocycles. The number of nitrogens with one attached hydrogen (secondary N) is 1. The maximum Gasteiger partial charge on any atom is 0.254 e. The Hall–Kier alpha value is -4.20. The van der Waals surface area contributed by atoms with Gasteiger partial charge in [-0.3, -0.25) is 14.4 Å². The molecule has 1 aliphatic carbocycles. The second kappa shape index (κ2) is 12.1. The smallest absolute Gasteiger partial charge is 0.254 e. The number of carbonyl (C=O) groups is 3. The zero-order valence-corrected chi connectivity index (χ0v) is 21.9. The summed E-state index contributed by atoms with van der Waals surface area (Å²) >= 11 is 0. The first-order valence-electron chi connectivity index (χ1n) is 13.5. The molecule has 0 radical (unpaired) electrons. The van der Waals surface area contributed by atoms with Crippen LogP contribution in [-0.4, -0.2) is 60.2 Å². The van der Waals surface area contributed by atoms with Gasteiger partial charge in [-0.15, -0.1) is 0 Å². The van der Waals surface area contributed by atoms with Crippen LogP contribution in [0.2, 0.25) is 0 Å². The van der Waals surface area contributed by atoms with Crippen LogP contribution < -0.4 is 10.2 Å². The van der Waals surface area contributed by atoms with Gasteiger partial charge in [-0.25, -0.2) is 4.39 Å². The van der Waals surface area contributed by atoms with Gasteiger partial charge in [0.05, 0.1) is 0 Å². The van der Waals surface area contributed by atoms with Gasteiger partial charge in [-0.1, -0.05) is 42.8 Å². The molecule has 3 aromatic rings. The largest absolute Gasteiger partial charge is 0.368 e. The molecule has 3 aromatic carbocycles. The van der Waals surface area contributed by atoms with E-state index < -0.39 is 5.82 Å². The van der Waals surface area contributed by atoms with E-state index in [4.69, 9.17) is 0 Å². The van der Waals surface area contributed by atoms with Crippen LogP contribution in [0.25, 0.3) is 0 Å². The molecule has 0 unspecified atom stereocenters. The highest BCUT2D eigenvalue weighted by molar-refractivity contribution is 5.95. The molecule has 8 heteroatoms. The van der Waals surface area contributed by atoms with Crippen molar-refractivity contribution in [2.24, 2.45) is 5.92 Å². The Labute approximate surface area is 228 Å². The molecule has 1 saturated heterocycles. The van der Waals surface area contributed by atoms with Gasteiger partial charge in [0.25, 0.3) is 5.91 Å². The molecule has 0 bridgehead atoms. The van der Waals surface area contributed by atoms with Crippen LogP contribution in [0.3, 0.4) is 0 Å². The van der Waals surface area contributed by atoms with Gasteiger partial charge in [-0.05, 0) is 60.9 Å². The lowest BCUT2D eigenvalue weighted by atomic mass is 9.84. The van der Waals surface area contributed by atoms with Gasteiger partial charge >= 0.3 is 0 Å². The Morgan fingerprint density at radius 1 is 0.872 bits per heavy atom. The lowest BCUT2D eigenvalue weighted by Crippen LogP contribution is -2.48. The molecule has 3 amide bonds. The fraction of sp³-hybridized carbons (Fsp3) is 0.323. The fourth-order valence-corrected chi connectivity index (χ4v) is 5.03. The first-order chi connectivity index (χ1) is 19.0. The van der Waals surface area contributed by atoms with Crippen LogP contribution in [0.15, 0.2) is 78.9 Å². The minimum absolute atomic E-state index is 0.00722. The van der Waals surface area contributed by atoms with Crippen molar-refractivity contribution in [1.29, 1.82) is 0 Å². The number of anilines is 2. The van der Waals surface area contributed by atoms with Gasteiger partial charge in [0, 0.05) is 55.6 Å². The van der Waals surface area contributed by atoms with Crippen molar-refractivity contribution < 1.29 is 18.8 Å². The number of hydrogen-bond donors (Lipinski definition) is 1. The number of halogens is 1. The van der Waals surface area contributed by atoms with Crippen LogP contribution in [0.5, 0.6) is 0 Å². The van der Waals surface area contributed by atoms with E-state index in [9.17, 15) is 18.8 Å². The van der Waals surface area contributed by atoms with Crippen molar-refractivity contribution in [3.63, 3.8) is 0 Å². The highest BCUT2D eigenvalue weighted by atomic mass is 19.1. The third kappa shape index (κ3) is 6.63. The third-order valence-electron chi connectivity index (χ3n) is 7.47. The average molecular weight is 529 g/mol. The Morgan fingerprint density at radius 3 is 2.23 bits per heavy atom. The van der Waals surface area contributed by atoms with Gasteiger partial charge in [0.2, 0.25) is 11.8 Å². The molecule has 39 heavy (non-hydrogen) atoms. The van der Waals surface area contributed by atoms with E-state index in [-0.39, 0.29) is 30.2 Å². The summed E-state index contributed by atoms with van der Waals surface area (Å²) in [5.41, 5.74) is 3.02. The highest BCUT2D eigenvalue weighted by Crippen LogP contribution is 2.29. The number of amides is 3. The molecule has 0 aromatic heterocycles. The molecular formula is C31H33FN4O3. The first-order valence-corrected chi connectivity index (χ1v) is 13.5. The van der Waals surface area contributed by atoms with Crippen molar-refractivity contribution in [3.05, 3.63) is 95.8 Å². The summed E-state index contributed by atoms with van der Waals surface area (Å²) in [5, 5.41) is 2.93. The lowest BCUT2D eigenvalue weighted by Gasteiger charge is -2.36. The van der Waals surface area contributed by atoms with E-state index in [0.29, 0.717) is 44.0 Å². The van der Waals surface area contributed by atoms with Crippen molar-refractivity contribution in [2.75, 3.05) is 42.9 Å². The zero-order valence-electron chi connectivity index (χ0n) is 21.9. The monoisotopic (exact) mass is 528 g/mol. The molecule has 0 atom stereocenters. The summed E-state index contributed by atoms with van der Waals surface area (Å²) in [6.07, 6.45) is 2.84. The molecule has 2 fully saturated rings. The number of hydrogen-bond acceptors (Lipinski definition) is 4. The molecule has 1 saturated carbocycles. The molecule has 5 rings (SSSR count). The van der Waals surface area contributed by atoms with Crippen molar-refractivity contribution in [2.45, 2.75) is 25.8 Å². The normalized spacial score (nSPS) is 15.4. The van der Waals surface area contributed by atoms with E-state index in [1.807, 2.05) is 54.6 Å². The van der Waals surface area contributed by atoms with Crippen LogP contribution in [0, 0.1) is 11.7 Å². The molecule has 1 N–H and O–H groups in total. The van der Waals surface area contributed by atoms with Crippen LogP contribution >= 0.6 is 0 Å². The van der Waals surface area contributed by atoms with Gasteiger partial charge in [0.1, 0.15) is 12.4 Å². The zero-order chi connectivity index (χ0) is 27.2. The number of piperazine rings is 1. The van der Waals surface area contributed by atoms with Gasteiger partial charge in [0.15, 0.2) is 0 Å². The van der Waals surface area contributed by atoms with Crippen molar-refractivity contribution in [1.82, 2.24) is 9.80 Å². The lowest BCUT2D eigenvalue weighted by molar-refractivity contribution is -0.141. The molecule has 2 aliphatic rings. The molecule has 202 valence electrons. The van der Waals surface area contributed by atoms with E-state index >= 15 is 0 Å². The number of carbonyl (C=O) groups excluding carboxylic acids is 3. The summed E-state index contributed by atoms with van der Waals surface area (Å²) in [5.74, 6) is -0.739. The SMILES string of the molecule is O=C(CN(Cc1ccccc1)C(=O)C1CCC1)Nc1ccc(N2CCN(C(=O)c3cccc(F)c3)CC2)cc1. The quantitative estimate of drug-likeness (QED) is 0.466. The van der Waals surface area contributed by atoms with Crippen molar-refractivity contribution >= 4 is 29.1 Å². The average Bonchev–Trinajstić information content (AvgIpc) is 2.92. The second-order valence-corrected chi connectivity index (χ2v) is 10.2. The van der Waals surface area contributed by atoms with E-state index in [0.717, 1.165) is 30.5 Å². The predicted molar refractivity (Wildman–Crippen MR) is 149 cm³/mol. The van der Waals surface area contributed by atoms with Gasteiger partial charge < -0.3 is 20.0 Å². The summed E-state index contributed by atoms with van der Waals surface area (Å²) in [6, 6.07) is 23.1. The van der Waals surface area contributed by atoms with Crippen LogP contribution in [0.1, 0.15) is 35.2 Å².